The molecule has 0 amide bonds. The first-order chi connectivity index (χ1) is 9.18. The predicted molar refractivity (Wildman–Crippen MR) is 65.0 cm³/mol. The second-order valence-electron chi connectivity index (χ2n) is 4.26. The van der Waals surface area contributed by atoms with E-state index in [1.54, 1.807) is 16.8 Å². The van der Waals surface area contributed by atoms with Crippen molar-refractivity contribution in [3.8, 4) is 11.1 Å². The molecule has 0 saturated carbocycles. The Bertz CT molecular complexity index is 684. The van der Waals surface area contributed by atoms with Gasteiger partial charge in [0.15, 0.2) is 0 Å². The normalized spacial score (nSPS) is 14.1. The van der Waals surface area contributed by atoms with Crippen LogP contribution in [-0.2, 0) is 17.9 Å². The molecular formula is C13H11NO5. The van der Waals surface area contributed by atoms with E-state index in [0.29, 0.717) is 30.0 Å². The van der Waals surface area contributed by atoms with Gasteiger partial charge in [-0.1, -0.05) is 0 Å². The van der Waals surface area contributed by atoms with Crippen LogP contribution in [0.25, 0.3) is 11.1 Å². The van der Waals surface area contributed by atoms with Gasteiger partial charge in [0.05, 0.1) is 31.4 Å². The predicted octanol–water partition coefficient (Wildman–Crippen LogP) is 1.34. The number of aromatic nitrogens is 1. The quantitative estimate of drug-likeness (QED) is 0.882. The number of nitrogens with zero attached hydrogens (tertiary/aromatic N) is 1. The Labute approximate surface area is 107 Å². The highest BCUT2D eigenvalue weighted by Gasteiger charge is 2.23. The smallest absolute Gasteiger partial charge is 0.341 e. The SMILES string of the molecule is O=C(O)c1c2n(cc(-c3ccoc3)c1=O)CCOC2. The molecule has 0 radical (unpaired) electrons. The molecule has 0 aliphatic carbocycles. The molecule has 0 unspecified atom stereocenters. The summed E-state index contributed by atoms with van der Waals surface area (Å²) >= 11 is 0. The van der Waals surface area contributed by atoms with Crippen LogP contribution >= 0.6 is 0 Å². The third-order valence-corrected chi connectivity index (χ3v) is 3.15. The molecule has 3 heterocycles. The van der Waals surface area contributed by atoms with Crippen LogP contribution in [0, 0.1) is 0 Å². The highest BCUT2D eigenvalue weighted by molar-refractivity contribution is 5.90. The number of rotatable bonds is 2. The minimum atomic E-state index is -1.23. The Kier molecular flexibility index (Phi) is 2.72. The number of ether oxygens (including phenoxy) is 1. The zero-order valence-corrected chi connectivity index (χ0v) is 9.96. The molecule has 1 aliphatic heterocycles. The minimum absolute atomic E-state index is 0.141. The lowest BCUT2D eigenvalue weighted by atomic mass is 10.0. The highest BCUT2D eigenvalue weighted by atomic mass is 16.5. The third-order valence-electron chi connectivity index (χ3n) is 3.15. The Morgan fingerprint density at radius 1 is 1.42 bits per heavy atom. The van der Waals surface area contributed by atoms with Crippen molar-refractivity contribution in [3.05, 3.63) is 46.3 Å². The van der Waals surface area contributed by atoms with Crippen molar-refractivity contribution in [2.45, 2.75) is 13.2 Å². The van der Waals surface area contributed by atoms with Crippen molar-refractivity contribution < 1.29 is 19.1 Å². The van der Waals surface area contributed by atoms with Gasteiger partial charge in [0, 0.05) is 23.9 Å². The van der Waals surface area contributed by atoms with Gasteiger partial charge in [-0.3, -0.25) is 4.79 Å². The molecular weight excluding hydrogens is 250 g/mol. The molecule has 0 aromatic carbocycles. The minimum Gasteiger partial charge on any atom is -0.477 e. The maximum absolute atomic E-state index is 12.3. The van der Waals surface area contributed by atoms with Gasteiger partial charge in [-0.2, -0.15) is 0 Å². The molecule has 0 saturated heterocycles. The van der Waals surface area contributed by atoms with Crippen LogP contribution in [0.4, 0.5) is 0 Å². The fourth-order valence-electron chi connectivity index (χ4n) is 2.23. The largest absolute Gasteiger partial charge is 0.477 e. The molecule has 1 N–H and O–H groups in total. The molecule has 6 nitrogen and oxygen atoms in total. The number of furan rings is 1. The number of fused-ring (bicyclic) bond motifs is 1. The van der Waals surface area contributed by atoms with E-state index in [9.17, 15) is 14.7 Å². The molecule has 0 fully saturated rings. The number of aromatic carboxylic acids is 1. The number of carboxylic acids is 1. The van der Waals surface area contributed by atoms with E-state index in [1.807, 2.05) is 0 Å². The van der Waals surface area contributed by atoms with Gasteiger partial charge >= 0.3 is 5.97 Å². The van der Waals surface area contributed by atoms with Crippen LogP contribution in [0.5, 0.6) is 0 Å². The first kappa shape index (κ1) is 11.7. The van der Waals surface area contributed by atoms with Crippen molar-refractivity contribution in [2.24, 2.45) is 0 Å². The van der Waals surface area contributed by atoms with E-state index >= 15 is 0 Å². The maximum Gasteiger partial charge on any atom is 0.341 e. The topological polar surface area (TPSA) is 81.7 Å². The number of hydrogen-bond donors (Lipinski definition) is 1. The number of carboxylic acid groups (broad SMARTS) is 1. The molecule has 6 heteroatoms. The Morgan fingerprint density at radius 3 is 2.95 bits per heavy atom. The van der Waals surface area contributed by atoms with Gasteiger partial charge in [-0.15, -0.1) is 0 Å². The molecule has 2 aromatic rings. The fraction of sp³-hybridized carbons (Fsp3) is 0.231. The summed E-state index contributed by atoms with van der Waals surface area (Å²) in [4.78, 5) is 23.6. The van der Waals surface area contributed by atoms with Crippen LogP contribution in [-0.4, -0.2) is 22.2 Å². The monoisotopic (exact) mass is 261 g/mol. The van der Waals surface area contributed by atoms with E-state index in [-0.39, 0.29) is 12.2 Å². The van der Waals surface area contributed by atoms with Gasteiger partial charge < -0.3 is 18.8 Å². The summed E-state index contributed by atoms with van der Waals surface area (Å²) in [6, 6.07) is 1.63. The zero-order chi connectivity index (χ0) is 13.4. The first-order valence-corrected chi connectivity index (χ1v) is 5.78. The lowest BCUT2D eigenvalue weighted by Gasteiger charge is -2.21. The third kappa shape index (κ3) is 1.86. The number of carbonyl (C=O) groups is 1. The van der Waals surface area contributed by atoms with Crippen molar-refractivity contribution in [3.63, 3.8) is 0 Å². The van der Waals surface area contributed by atoms with Crippen LogP contribution in [0.2, 0.25) is 0 Å². The van der Waals surface area contributed by atoms with Gasteiger partial charge in [0.2, 0.25) is 5.43 Å². The Hall–Kier alpha value is -2.34. The average molecular weight is 261 g/mol. The first-order valence-electron chi connectivity index (χ1n) is 5.78. The summed E-state index contributed by atoms with van der Waals surface area (Å²) in [6.07, 6.45) is 4.54. The van der Waals surface area contributed by atoms with Crippen LogP contribution < -0.4 is 5.43 Å². The summed E-state index contributed by atoms with van der Waals surface area (Å²) in [5.74, 6) is -1.23. The molecule has 3 rings (SSSR count). The Morgan fingerprint density at radius 2 is 2.26 bits per heavy atom. The molecule has 2 aromatic heterocycles. The number of hydrogen-bond acceptors (Lipinski definition) is 4. The highest BCUT2D eigenvalue weighted by Crippen LogP contribution is 2.20. The molecule has 0 bridgehead atoms. The van der Waals surface area contributed by atoms with E-state index in [4.69, 9.17) is 9.15 Å². The van der Waals surface area contributed by atoms with Gasteiger partial charge in [0.25, 0.3) is 0 Å². The van der Waals surface area contributed by atoms with Crippen LogP contribution in [0.3, 0.4) is 0 Å². The summed E-state index contributed by atoms with van der Waals surface area (Å²) in [5.41, 5.74) is 0.589. The van der Waals surface area contributed by atoms with Crippen LogP contribution in [0.15, 0.2) is 34.0 Å². The summed E-state index contributed by atoms with van der Waals surface area (Å²) in [5, 5.41) is 9.25. The maximum atomic E-state index is 12.3. The second kappa shape index (κ2) is 4.40. The van der Waals surface area contributed by atoms with E-state index in [0.717, 1.165) is 0 Å². The van der Waals surface area contributed by atoms with Crippen LogP contribution in [0.1, 0.15) is 16.1 Å². The number of pyridine rings is 1. The van der Waals surface area contributed by atoms with E-state index in [1.165, 1.54) is 12.5 Å². The summed E-state index contributed by atoms with van der Waals surface area (Å²) in [7, 11) is 0. The average Bonchev–Trinajstić information content (AvgIpc) is 2.91. The molecule has 19 heavy (non-hydrogen) atoms. The van der Waals surface area contributed by atoms with Gasteiger partial charge in [-0.05, 0) is 6.07 Å². The lowest BCUT2D eigenvalue weighted by Crippen LogP contribution is -2.29. The van der Waals surface area contributed by atoms with E-state index < -0.39 is 11.4 Å². The van der Waals surface area contributed by atoms with Crippen molar-refractivity contribution in [2.75, 3.05) is 6.61 Å². The molecule has 0 atom stereocenters. The molecule has 0 spiro atoms. The second-order valence-corrected chi connectivity index (χ2v) is 4.26. The van der Waals surface area contributed by atoms with Gasteiger partial charge in [0.1, 0.15) is 5.56 Å². The molecule has 1 aliphatic rings. The van der Waals surface area contributed by atoms with E-state index in [2.05, 4.69) is 0 Å². The Balaban J connectivity index is 2.31. The van der Waals surface area contributed by atoms with Crippen molar-refractivity contribution in [1.82, 2.24) is 4.57 Å². The fourth-order valence-corrected chi connectivity index (χ4v) is 2.23. The van der Waals surface area contributed by atoms with Crippen molar-refractivity contribution >= 4 is 5.97 Å². The summed E-state index contributed by atoms with van der Waals surface area (Å²) in [6.45, 7) is 1.17. The van der Waals surface area contributed by atoms with Gasteiger partial charge in [-0.25, -0.2) is 4.79 Å². The standard InChI is InChI=1S/C13H11NO5/c15-12-9(8-1-3-18-6-8)5-14-2-4-19-7-10(14)11(12)13(16)17/h1,3,5-6H,2,4,7H2,(H,16,17). The zero-order valence-electron chi connectivity index (χ0n) is 9.96. The molecule has 98 valence electrons. The summed E-state index contributed by atoms with van der Waals surface area (Å²) < 4.78 is 11.9. The van der Waals surface area contributed by atoms with Crippen molar-refractivity contribution in [1.29, 1.82) is 0 Å². The lowest BCUT2D eigenvalue weighted by molar-refractivity contribution is 0.0650.